The van der Waals surface area contributed by atoms with Gasteiger partial charge in [-0.25, -0.2) is 0 Å². The Morgan fingerprint density at radius 2 is 2.22 bits per heavy atom. The third kappa shape index (κ3) is 2.61. The van der Waals surface area contributed by atoms with Gasteiger partial charge in [0, 0.05) is 0 Å². The molecule has 0 saturated carbocycles. The van der Waals surface area contributed by atoms with Crippen molar-refractivity contribution in [1.29, 1.82) is 0 Å². The maximum atomic E-state index is 10.1. The lowest BCUT2D eigenvalue weighted by molar-refractivity contribution is 0.438. The summed E-state index contributed by atoms with van der Waals surface area (Å²) in [6.07, 6.45) is 2.96. The zero-order valence-electron chi connectivity index (χ0n) is 6.27. The van der Waals surface area contributed by atoms with Gasteiger partial charge in [0.05, 0.1) is 6.04 Å². The molecule has 0 aliphatic rings. The van der Waals surface area contributed by atoms with Gasteiger partial charge in [-0.2, -0.15) is 0 Å². The lowest BCUT2D eigenvalue weighted by Gasteiger charge is -2.13. The number of hydrogen-bond acceptors (Lipinski definition) is 2. The predicted molar refractivity (Wildman–Crippen MR) is 38.0 cm³/mol. The minimum Gasteiger partial charge on any atom is -0.310 e. The first kappa shape index (κ1) is 8.63. The van der Waals surface area contributed by atoms with Crippen molar-refractivity contribution in [3.63, 3.8) is 0 Å². The van der Waals surface area contributed by atoms with Crippen molar-refractivity contribution in [2.75, 3.05) is 7.05 Å². The maximum Gasteiger partial charge on any atom is 0.217 e. The first-order valence-corrected chi connectivity index (χ1v) is 3.31. The Morgan fingerprint density at radius 3 is 2.33 bits per heavy atom. The topological polar surface area (TPSA) is 29.1 Å². The Balaban J connectivity index is 3.63. The third-order valence-corrected chi connectivity index (χ3v) is 1.65. The van der Waals surface area contributed by atoms with Gasteiger partial charge in [0.2, 0.25) is 6.29 Å². The summed E-state index contributed by atoms with van der Waals surface area (Å²) in [7, 11) is 1.78. The van der Waals surface area contributed by atoms with Crippen LogP contribution in [0.2, 0.25) is 0 Å². The van der Waals surface area contributed by atoms with Crippen LogP contribution in [0.15, 0.2) is 0 Å². The second-order valence-electron chi connectivity index (χ2n) is 2.27. The molecule has 0 aliphatic heterocycles. The second kappa shape index (κ2) is 4.50. The lowest BCUT2D eigenvalue weighted by Crippen LogP contribution is -2.32. The second-order valence-corrected chi connectivity index (χ2v) is 2.27. The van der Waals surface area contributed by atoms with Crippen LogP contribution in [-0.4, -0.2) is 19.4 Å². The fraction of sp³-hybridized carbons (Fsp3) is 0.857. The maximum absolute atomic E-state index is 10.1. The summed E-state index contributed by atoms with van der Waals surface area (Å²) in [6.45, 7) is 4.10. The molecule has 0 spiro atoms. The van der Waals surface area contributed by atoms with Crippen molar-refractivity contribution in [2.45, 2.75) is 26.3 Å². The highest BCUT2D eigenvalue weighted by atomic mass is 16.1. The van der Waals surface area contributed by atoms with Crippen molar-refractivity contribution < 1.29 is 4.79 Å². The van der Waals surface area contributed by atoms with Crippen LogP contribution in [-0.2, 0) is 4.79 Å². The number of rotatable bonds is 4. The zero-order valence-corrected chi connectivity index (χ0v) is 6.27. The van der Waals surface area contributed by atoms with E-state index in [2.05, 4.69) is 12.2 Å². The molecule has 0 amide bonds. The summed E-state index contributed by atoms with van der Waals surface area (Å²) in [4.78, 5) is 10.1. The molecule has 0 aliphatic carbocycles. The first-order chi connectivity index (χ1) is 4.26. The molecule has 0 heterocycles. The largest absolute Gasteiger partial charge is 0.310 e. The molecule has 0 unspecified atom stereocenters. The van der Waals surface area contributed by atoms with E-state index in [0.717, 1.165) is 6.42 Å². The highest BCUT2D eigenvalue weighted by Crippen LogP contribution is 2.03. The molecule has 0 bridgehead atoms. The van der Waals surface area contributed by atoms with Crippen LogP contribution < -0.4 is 5.32 Å². The van der Waals surface area contributed by atoms with Gasteiger partial charge in [-0.05, 0) is 13.0 Å². The highest BCUT2D eigenvalue weighted by molar-refractivity contribution is 5.58. The molecule has 1 radical (unpaired) electrons. The van der Waals surface area contributed by atoms with Gasteiger partial charge in [0.25, 0.3) is 0 Å². The fourth-order valence-corrected chi connectivity index (χ4v) is 0.695. The summed E-state index contributed by atoms with van der Waals surface area (Å²) in [5, 5.41) is 2.88. The molecule has 2 heteroatoms. The van der Waals surface area contributed by atoms with Gasteiger partial charge in [-0.3, -0.25) is 4.79 Å². The molecule has 2 nitrogen and oxygen atoms in total. The van der Waals surface area contributed by atoms with Gasteiger partial charge < -0.3 is 5.32 Å². The van der Waals surface area contributed by atoms with Crippen LogP contribution in [0.1, 0.15) is 20.3 Å². The van der Waals surface area contributed by atoms with Crippen molar-refractivity contribution in [2.24, 2.45) is 5.92 Å². The summed E-state index contributed by atoms with van der Waals surface area (Å²) in [5.41, 5.74) is 0. The van der Waals surface area contributed by atoms with E-state index in [9.17, 15) is 4.79 Å². The van der Waals surface area contributed by atoms with Crippen LogP contribution >= 0.6 is 0 Å². The van der Waals surface area contributed by atoms with E-state index < -0.39 is 0 Å². The van der Waals surface area contributed by atoms with Crippen LogP contribution in [0.25, 0.3) is 0 Å². The van der Waals surface area contributed by atoms with E-state index in [1.54, 1.807) is 7.05 Å². The van der Waals surface area contributed by atoms with E-state index in [-0.39, 0.29) is 6.04 Å². The molecule has 0 saturated heterocycles. The molecular formula is C7H14NO. The van der Waals surface area contributed by atoms with Gasteiger partial charge in [0.15, 0.2) is 0 Å². The smallest absolute Gasteiger partial charge is 0.217 e. The molecule has 0 fully saturated rings. The van der Waals surface area contributed by atoms with E-state index in [0.29, 0.717) is 5.92 Å². The normalized spacial score (nSPS) is 16.8. The summed E-state index contributed by atoms with van der Waals surface area (Å²) in [5.74, 6) is 0.396. The van der Waals surface area contributed by atoms with Crippen LogP contribution in [0.4, 0.5) is 0 Å². The molecular weight excluding hydrogens is 114 g/mol. The van der Waals surface area contributed by atoms with E-state index in [4.69, 9.17) is 0 Å². The first-order valence-electron chi connectivity index (χ1n) is 3.31. The van der Waals surface area contributed by atoms with E-state index >= 15 is 0 Å². The number of carbonyl (C=O) groups excluding carboxylic acids is 1. The molecule has 0 rings (SSSR count). The molecule has 53 valence electrons. The molecule has 9 heavy (non-hydrogen) atoms. The highest BCUT2D eigenvalue weighted by Gasteiger charge is 2.11. The van der Waals surface area contributed by atoms with Crippen molar-refractivity contribution in [3.8, 4) is 0 Å². The molecule has 0 aromatic carbocycles. The van der Waals surface area contributed by atoms with Gasteiger partial charge in [0.1, 0.15) is 0 Å². The standard InChI is InChI=1S/C7H14NO/c1-4-6(2)7(5-9)8-3/h6-8H,4H2,1-3H3/t6-,7+/m1/s1. The Labute approximate surface area is 56.6 Å². The van der Waals surface area contributed by atoms with E-state index in [1.807, 2.05) is 13.2 Å². The predicted octanol–water partition coefficient (Wildman–Crippen LogP) is 0.730. The fourth-order valence-electron chi connectivity index (χ4n) is 0.695. The monoisotopic (exact) mass is 128 g/mol. The minimum atomic E-state index is -0.0880. The van der Waals surface area contributed by atoms with Crippen LogP contribution in [0, 0.1) is 5.92 Å². The minimum absolute atomic E-state index is 0.0880. The molecule has 2 atom stereocenters. The zero-order chi connectivity index (χ0) is 7.28. The Bertz CT molecular complexity index is 83.0. The quantitative estimate of drug-likeness (QED) is 0.604. The van der Waals surface area contributed by atoms with Gasteiger partial charge >= 0.3 is 0 Å². The molecule has 0 aromatic rings. The van der Waals surface area contributed by atoms with Crippen molar-refractivity contribution in [1.82, 2.24) is 5.32 Å². The average Bonchev–Trinajstić information content (AvgIpc) is 1.90. The Morgan fingerprint density at radius 1 is 1.67 bits per heavy atom. The number of nitrogens with one attached hydrogen (secondary N) is 1. The molecule has 1 N–H and O–H groups in total. The Kier molecular flexibility index (Phi) is 4.32. The lowest BCUT2D eigenvalue weighted by atomic mass is 10.0. The Hall–Kier alpha value is -0.370. The summed E-state index contributed by atoms with van der Waals surface area (Å²) in [6, 6.07) is -0.0880. The molecule has 0 aromatic heterocycles. The third-order valence-electron chi connectivity index (χ3n) is 1.65. The van der Waals surface area contributed by atoms with Gasteiger partial charge in [-0.1, -0.05) is 20.3 Å². The summed E-state index contributed by atoms with van der Waals surface area (Å²) >= 11 is 0. The number of likely N-dealkylation sites (N-methyl/N-ethyl adjacent to an activating group) is 1. The van der Waals surface area contributed by atoms with E-state index in [1.165, 1.54) is 0 Å². The van der Waals surface area contributed by atoms with Crippen molar-refractivity contribution >= 4 is 6.29 Å². The van der Waals surface area contributed by atoms with Crippen LogP contribution in [0.5, 0.6) is 0 Å². The van der Waals surface area contributed by atoms with Gasteiger partial charge in [-0.15, -0.1) is 0 Å². The number of hydrogen-bond donors (Lipinski definition) is 1. The SMILES string of the molecule is CC[C@@H](C)[C@H]([C]=O)NC. The summed E-state index contributed by atoms with van der Waals surface area (Å²) < 4.78 is 0. The van der Waals surface area contributed by atoms with Crippen LogP contribution in [0.3, 0.4) is 0 Å². The average molecular weight is 128 g/mol. The van der Waals surface area contributed by atoms with Crippen molar-refractivity contribution in [3.05, 3.63) is 0 Å².